The van der Waals surface area contributed by atoms with E-state index >= 15 is 0 Å². The highest BCUT2D eigenvalue weighted by Crippen LogP contribution is 2.27. The van der Waals surface area contributed by atoms with Crippen LogP contribution in [-0.4, -0.2) is 53.8 Å². The van der Waals surface area contributed by atoms with Gasteiger partial charge in [0.2, 0.25) is 0 Å². The zero-order chi connectivity index (χ0) is 18.4. The van der Waals surface area contributed by atoms with Crippen molar-refractivity contribution >= 4 is 17.5 Å². The van der Waals surface area contributed by atoms with E-state index < -0.39 is 0 Å². The number of methoxy groups -OCH3 is 1. The Labute approximate surface area is 158 Å². The summed E-state index contributed by atoms with van der Waals surface area (Å²) in [4.78, 5) is 18.9. The van der Waals surface area contributed by atoms with Gasteiger partial charge in [-0.1, -0.05) is 23.7 Å². The summed E-state index contributed by atoms with van der Waals surface area (Å²) in [6.45, 7) is 2.82. The third-order valence-corrected chi connectivity index (χ3v) is 4.92. The van der Waals surface area contributed by atoms with E-state index in [1.165, 1.54) is 0 Å². The molecule has 1 saturated heterocycles. The minimum absolute atomic E-state index is 0.00539. The number of hydrogen-bond acceptors (Lipinski definition) is 4. The largest absolute Gasteiger partial charge is 0.482 e. The fourth-order valence-electron chi connectivity index (χ4n) is 3.27. The first-order chi connectivity index (χ1) is 12.7. The Bertz CT molecular complexity index is 734. The van der Waals surface area contributed by atoms with E-state index in [-0.39, 0.29) is 18.4 Å². The molecule has 1 fully saturated rings. The van der Waals surface area contributed by atoms with E-state index in [0.29, 0.717) is 23.9 Å². The highest BCUT2D eigenvalue weighted by Gasteiger charge is 2.27. The number of rotatable bonds is 7. The molecule has 3 rings (SSSR count). The summed E-state index contributed by atoms with van der Waals surface area (Å²) in [5.41, 5.74) is 0. The van der Waals surface area contributed by atoms with Gasteiger partial charge < -0.3 is 18.9 Å². The highest BCUT2D eigenvalue weighted by molar-refractivity contribution is 6.32. The summed E-state index contributed by atoms with van der Waals surface area (Å²) in [6, 6.07) is 7.18. The van der Waals surface area contributed by atoms with Crippen LogP contribution in [0.4, 0.5) is 0 Å². The molecule has 0 N–H and O–H groups in total. The molecular weight excluding hydrogens is 354 g/mol. The van der Waals surface area contributed by atoms with Crippen LogP contribution in [0.15, 0.2) is 36.7 Å². The predicted octanol–water partition coefficient (Wildman–Crippen LogP) is 2.97. The highest BCUT2D eigenvalue weighted by atomic mass is 35.5. The van der Waals surface area contributed by atoms with Crippen LogP contribution in [0.5, 0.6) is 5.75 Å². The Morgan fingerprint density at radius 3 is 3.04 bits per heavy atom. The fourth-order valence-corrected chi connectivity index (χ4v) is 3.46. The van der Waals surface area contributed by atoms with E-state index in [9.17, 15) is 4.79 Å². The second kappa shape index (κ2) is 9.05. The molecule has 7 heteroatoms. The van der Waals surface area contributed by atoms with Crippen LogP contribution in [0.1, 0.15) is 24.6 Å². The molecule has 6 nitrogen and oxygen atoms in total. The lowest BCUT2D eigenvalue weighted by Gasteiger charge is -2.32. The molecule has 0 spiro atoms. The quantitative estimate of drug-likeness (QED) is 0.744. The normalized spacial score (nSPS) is 17.3. The predicted molar refractivity (Wildman–Crippen MR) is 99.6 cm³/mol. The molecule has 1 unspecified atom stereocenters. The first kappa shape index (κ1) is 18.7. The Morgan fingerprint density at radius 2 is 2.23 bits per heavy atom. The topological polar surface area (TPSA) is 56.6 Å². The maximum Gasteiger partial charge on any atom is 0.260 e. The van der Waals surface area contributed by atoms with E-state index in [4.69, 9.17) is 21.1 Å². The van der Waals surface area contributed by atoms with E-state index in [2.05, 4.69) is 9.55 Å². The second-order valence-electron chi connectivity index (χ2n) is 6.37. The smallest absolute Gasteiger partial charge is 0.260 e. The molecule has 140 valence electrons. The average Bonchev–Trinajstić information content (AvgIpc) is 3.14. The van der Waals surface area contributed by atoms with Gasteiger partial charge in [-0.3, -0.25) is 4.79 Å². The van der Waals surface area contributed by atoms with Crippen LogP contribution in [-0.2, 0) is 16.1 Å². The van der Waals surface area contributed by atoms with Crippen LogP contribution >= 0.6 is 11.6 Å². The van der Waals surface area contributed by atoms with Gasteiger partial charge in [0.15, 0.2) is 6.61 Å². The molecule has 1 atom stereocenters. The lowest BCUT2D eigenvalue weighted by molar-refractivity contribution is -0.134. The SMILES string of the molecule is COCCn1ccnc1C1CCCN(C(=O)COc2ccccc2Cl)C1. The molecule has 1 aliphatic rings. The Hall–Kier alpha value is -2.05. The summed E-state index contributed by atoms with van der Waals surface area (Å²) >= 11 is 6.07. The van der Waals surface area contributed by atoms with Crippen LogP contribution in [0.3, 0.4) is 0 Å². The Kier molecular flexibility index (Phi) is 6.52. The van der Waals surface area contributed by atoms with E-state index in [1.807, 2.05) is 29.4 Å². The Balaban J connectivity index is 1.59. The summed E-state index contributed by atoms with van der Waals surface area (Å²) in [5, 5.41) is 0.511. The fraction of sp³-hybridized carbons (Fsp3) is 0.474. The van der Waals surface area contributed by atoms with Gasteiger partial charge in [0, 0.05) is 45.1 Å². The molecule has 0 radical (unpaired) electrons. The summed E-state index contributed by atoms with van der Waals surface area (Å²) < 4.78 is 12.9. The number of nitrogens with zero attached hydrogens (tertiary/aromatic N) is 3. The van der Waals surface area contributed by atoms with Crippen molar-refractivity contribution in [2.75, 3.05) is 33.4 Å². The number of aromatic nitrogens is 2. The lowest BCUT2D eigenvalue weighted by Crippen LogP contribution is -2.42. The number of hydrogen-bond donors (Lipinski definition) is 0. The van der Waals surface area contributed by atoms with Crippen LogP contribution in [0.25, 0.3) is 0 Å². The van der Waals surface area contributed by atoms with E-state index in [0.717, 1.165) is 31.8 Å². The van der Waals surface area contributed by atoms with Gasteiger partial charge in [0.05, 0.1) is 11.6 Å². The van der Waals surface area contributed by atoms with Gasteiger partial charge >= 0.3 is 0 Å². The van der Waals surface area contributed by atoms with Crippen molar-refractivity contribution in [2.45, 2.75) is 25.3 Å². The number of carbonyl (C=O) groups excluding carboxylic acids is 1. The van der Waals surface area contributed by atoms with Gasteiger partial charge in [-0.05, 0) is 25.0 Å². The van der Waals surface area contributed by atoms with Crippen molar-refractivity contribution in [2.24, 2.45) is 0 Å². The molecule has 2 aromatic rings. The molecule has 0 aliphatic carbocycles. The molecule has 26 heavy (non-hydrogen) atoms. The molecule has 1 aliphatic heterocycles. The van der Waals surface area contributed by atoms with Crippen LogP contribution < -0.4 is 4.74 Å². The van der Waals surface area contributed by atoms with Gasteiger partial charge in [-0.25, -0.2) is 4.98 Å². The van der Waals surface area contributed by atoms with Crippen LogP contribution in [0, 0.1) is 0 Å². The number of imidazole rings is 1. The third-order valence-electron chi connectivity index (χ3n) is 4.61. The zero-order valence-corrected chi connectivity index (χ0v) is 15.7. The minimum atomic E-state index is -0.0235. The lowest BCUT2D eigenvalue weighted by atomic mass is 9.97. The Morgan fingerprint density at radius 1 is 1.38 bits per heavy atom. The van der Waals surface area contributed by atoms with E-state index in [1.54, 1.807) is 19.2 Å². The number of para-hydroxylation sites is 1. The monoisotopic (exact) mass is 377 g/mol. The van der Waals surface area contributed by atoms with Crippen molar-refractivity contribution in [1.29, 1.82) is 0 Å². The van der Waals surface area contributed by atoms with Gasteiger partial charge in [0.25, 0.3) is 5.91 Å². The number of halogens is 1. The van der Waals surface area contributed by atoms with Gasteiger partial charge in [0.1, 0.15) is 11.6 Å². The molecule has 1 aromatic carbocycles. The number of ether oxygens (including phenoxy) is 2. The number of likely N-dealkylation sites (tertiary alicyclic amines) is 1. The van der Waals surface area contributed by atoms with Crippen molar-refractivity contribution in [3.63, 3.8) is 0 Å². The van der Waals surface area contributed by atoms with Crippen LogP contribution in [0.2, 0.25) is 5.02 Å². The zero-order valence-electron chi connectivity index (χ0n) is 14.9. The number of benzene rings is 1. The molecule has 1 aromatic heterocycles. The molecule has 0 bridgehead atoms. The van der Waals surface area contributed by atoms with Gasteiger partial charge in [-0.15, -0.1) is 0 Å². The third kappa shape index (κ3) is 4.56. The molecular formula is C19H24ClN3O3. The van der Waals surface area contributed by atoms with Gasteiger partial charge in [-0.2, -0.15) is 0 Å². The summed E-state index contributed by atoms with van der Waals surface area (Å²) in [5.74, 6) is 1.77. The summed E-state index contributed by atoms with van der Waals surface area (Å²) in [6.07, 6.45) is 5.76. The first-order valence-electron chi connectivity index (χ1n) is 8.84. The first-order valence-corrected chi connectivity index (χ1v) is 9.22. The van der Waals surface area contributed by atoms with Crippen molar-refractivity contribution in [3.8, 4) is 5.75 Å². The molecule has 1 amide bonds. The maximum atomic E-state index is 12.6. The summed E-state index contributed by atoms with van der Waals surface area (Å²) in [7, 11) is 1.69. The van der Waals surface area contributed by atoms with Crippen molar-refractivity contribution < 1.29 is 14.3 Å². The second-order valence-corrected chi connectivity index (χ2v) is 6.78. The average molecular weight is 378 g/mol. The van der Waals surface area contributed by atoms with Crippen molar-refractivity contribution in [3.05, 3.63) is 47.5 Å². The molecule has 0 saturated carbocycles. The molecule has 2 heterocycles. The minimum Gasteiger partial charge on any atom is -0.482 e. The number of carbonyl (C=O) groups is 1. The van der Waals surface area contributed by atoms with Crippen molar-refractivity contribution in [1.82, 2.24) is 14.5 Å². The maximum absolute atomic E-state index is 12.6. The number of amides is 1. The standard InChI is InChI=1S/C19H24ClN3O3/c1-25-12-11-22-10-8-21-19(22)15-5-4-9-23(13-15)18(24)14-26-17-7-3-2-6-16(17)20/h2-3,6-8,10,15H,4-5,9,11-14H2,1H3. The number of piperidine rings is 1.